The molecule has 0 saturated carbocycles. The predicted molar refractivity (Wildman–Crippen MR) is 92.1 cm³/mol. The molecule has 118 valence electrons. The highest BCUT2D eigenvalue weighted by molar-refractivity contribution is 7.10. The van der Waals surface area contributed by atoms with Crippen molar-refractivity contribution < 1.29 is 10.1 Å². The van der Waals surface area contributed by atoms with Gasteiger partial charge in [0.2, 0.25) is 0 Å². The Balaban J connectivity index is 2.26. The molecule has 4 heteroatoms. The first-order valence-corrected chi connectivity index (χ1v) is 8.60. The summed E-state index contributed by atoms with van der Waals surface area (Å²) >= 11 is 1.73. The van der Waals surface area contributed by atoms with Crippen LogP contribution in [0.1, 0.15) is 48.7 Å². The fourth-order valence-corrected chi connectivity index (χ4v) is 3.36. The number of benzene rings is 1. The Morgan fingerprint density at radius 3 is 2.23 bits per heavy atom. The van der Waals surface area contributed by atoms with Crippen LogP contribution in [0.15, 0.2) is 41.8 Å². The number of carbonyl (C=O) groups is 1. The van der Waals surface area contributed by atoms with E-state index in [2.05, 4.69) is 66.3 Å². The summed E-state index contributed by atoms with van der Waals surface area (Å²) in [5.74, 6) is 0.586. The molecule has 0 fully saturated rings. The maximum Gasteiger partial charge on any atom is 0.277 e. The topological polar surface area (TPSA) is 45.7 Å². The molecule has 2 aromatic rings. The Morgan fingerprint density at radius 2 is 1.73 bits per heavy atom. The average molecular weight is 317 g/mol. The molecule has 3 N–H and O–H groups in total. The quantitative estimate of drug-likeness (QED) is 0.845. The van der Waals surface area contributed by atoms with Gasteiger partial charge in [0, 0.05) is 12.6 Å². The van der Waals surface area contributed by atoms with Crippen molar-refractivity contribution in [3.05, 3.63) is 57.8 Å². The fourth-order valence-electron chi connectivity index (χ4n) is 2.53. The van der Waals surface area contributed by atoms with E-state index >= 15 is 0 Å². The van der Waals surface area contributed by atoms with Crippen molar-refractivity contribution in [2.45, 2.75) is 38.8 Å². The van der Waals surface area contributed by atoms with Gasteiger partial charge in [-0.2, -0.15) is 0 Å². The molecule has 22 heavy (non-hydrogen) atoms. The van der Waals surface area contributed by atoms with Crippen LogP contribution in [0.4, 0.5) is 0 Å². The highest BCUT2D eigenvalue weighted by Crippen LogP contribution is 2.24. The molecule has 0 bridgehead atoms. The Labute approximate surface area is 136 Å². The van der Waals surface area contributed by atoms with Gasteiger partial charge in [-0.3, -0.25) is 4.79 Å². The van der Waals surface area contributed by atoms with E-state index in [1.54, 1.807) is 18.4 Å². The molecule has 2 atom stereocenters. The van der Waals surface area contributed by atoms with Crippen LogP contribution < -0.4 is 10.6 Å². The van der Waals surface area contributed by atoms with Gasteiger partial charge in [-0.15, -0.1) is 11.3 Å². The van der Waals surface area contributed by atoms with Gasteiger partial charge < -0.3 is 10.6 Å². The molecule has 0 aliphatic carbocycles. The van der Waals surface area contributed by atoms with Crippen molar-refractivity contribution in [3.8, 4) is 0 Å². The van der Waals surface area contributed by atoms with Crippen molar-refractivity contribution in [2.24, 2.45) is 0 Å². The van der Waals surface area contributed by atoms with Crippen molar-refractivity contribution in [2.75, 3.05) is 7.05 Å². The second-order valence-electron chi connectivity index (χ2n) is 5.91. The molecule has 2 rings (SSSR count). The first kappa shape index (κ1) is 16.7. The first-order chi connectivity index (χ1) is 10.5. The minimum Gasteiger partial charge on any atom is -0.354 e. The summed E-state index contributed by atoms with van der Waals surface area (Å²) in [6.07, 6.45) is 0. The molecule has 0 saturated heterocycles. The second kappa shape index (κ2) is 7.56. The van der Waals surface area contributed by atoms with Crippen molar-refractivity contribution >= 4 is 17.2 Å². The predicted octanol–water partition coefficient (Wildman–Crippen LogP) is 2.66. The molecule has 1 heterocycles. The van der Waals surface area contributed by atoms with Crippen LogP contribution in [0, 0.1) is 0 Å². The van der Waals surface area contributed by atoms with E-state index in [1.807, 2.05) is 6.92 Å². The summed E-state index contributed by atoms with van der Waals surface area (Å²) in [6.45, 7) is 6.35. The lowest BCUT2D eigenvalue weighted by atomic mass is 9.98. The van der Waals surface area contributed by atoms with Crippen molar-refractivity contribution in [1.82, 2.24) is 5.32 Å². The number of nitrogens with one attached hydrogen (secondary N) is 1. The largest absolute Gasteiger partial charge is 0.354 e. The van der Waals surface area contributed by atoms with Gasteiger partial charge >= 0.3 is 0 Å². The van der Waals surface area contributed by atoms with Crippen LogP contribution in [0.25, 0.3) is 0 Å². The highest BCUT2D eigenvalue weighted by atomic mass is 32.1. The number of amides is 1. The van der Waals surface area contributed by atoms with Gasteiger partial charge in [0.15, 0.2) is 6.04 Å². The van der Waals surface area contributed by atoms with Crippen molar-refractivity contribution in [1.29, 1.82) is 0 Å². The van der Waals surface area contributed by atoms with E-state index in [0.717, 1.165) is 0 Å². The van der Waals surface area contributed by atoms with Gasteiger partial charge in [-0.25, -0.2) is 0 Å². The average Bonchev–Trinajstić information content (AvgIpc) is 3.05. The third-order valence-electron chi connectivity index (χ3n) is 3.95. The minimum atomic E-state index is -0.123. The number of quaternary nitrogens is 1. The van der Waals surface area contributed by atoms with E-state index in [9.17, 15) is 4.79 Å². The number of thiophene rings is 1. The monoisotopic (exact) mass is 317 g/mol. The summed E-state index contributed by atoms with van der Waals surface area (Å²) in [4.78, 5) is 13.1. The molecule has 0 unspecified atom stereocenters. The number of rotatable bonds is 6. The fraction of sp³-hybridized carbons (Fsp3) is 0.389. The SMILES string of the molecule is CNC(=O)[C@H](C)[NH2+][C@@H](c1ccc(C(C)C)cc1)c1cccs1. The number of likely N-dealkylation sites (N-methyl/N-ethyl adjacent to an activating group) is 1. The molecular formula is C18H25N2OS+. The second-order valence-corrected chi connectivity index (χ2v) is 6.89. The Bertz CT molecular complexity index is 590. The summed E-state index contributed by atoms with van der Waals surface area (Å²) < 4.78 is 0. The van der Waals surface area contributed by atoms with Gasteiger partial charge in [-0.05, 0) is 29.9 Å². The maximum atomic E-state index is 11.9. The van der Waals surface area contributed by atoms with Crippen LogP contribution in [-0.4, -0.2) is 19.0 Å². The van der Waals surface area contributed by atoms with Crippen LogP contribution >= 0.6 is 11.3 Å². The lowest BCUT2D eigenvalue weighted by Gasteiger charge is -2.19. The van der Waals surface area contributed by atoms with E-state index in [0.29, 0.717) is 5.92 Å². The van der Waals surface area contributed by atoms with E-state index in [1.165, 1.54) is 16.0 Å². The van der Waals surface area contributed by atoms with Crippen molar-refractivity contribution in [3.63, 3.8) is 0 Å². The van der Waals surface area contributed by atoms with Gasteiger partial charge in [0.05, 0.1) is 4.88 Å². The van der Waals surface area contributed by atoms with Crippen LogP contribution in [0.2, 0.25) is 0 Å². The zero-order chi connectivity index (χ0) is 16.1. The Morgan fingerprint density at radius 1 is 1.09 bits per heavy atom. The zero-order valence-electron chi connectivity index (χ0n) is 13.7. The molecule has 0 radical (unpaired) electrons. The molecule has 1 aromatic carbocycles. The van der Waals surface area contributed by atoms with E-state index < -0.39 is 0 Å². The minimum absolute atomic E-state index is 0.0559. The van der Waals surface area contributed by atoms with E-state index in [4.69, 9.17) is 0 Å². The molecule has 0 aliphatic heterocycles. The molecule has 0 aliphatic rings. The van der Waals surface area contributed by atoms with Gasteiger partial charge in [-0.1, -0.05) is 44.2 Å². The third kappa shape index (κ3) is 3.96. The van der Waals surface area contributed by atoms with Gasteiger partial charge in [0.1, 0.15) is 6.04 Å². The summed E-state index contributed by atoms with van der Waals surface area (Å²) in [5, 5.41) is 6.94. The Hall–Kier alpha value is -1.65. The maximum absolute atomic E-state index is 11.9. The number of nitrogens with two attached hydrogens (primary N) is 1. The molecular weight excluding hydrogens is 292 g/mol. The smallest absolute Gasteiger partial charge is 0.277 e. The lowest BCUT2D eigenvalue weighted by Crippen LogP contribution is -2.92. The van der Waals surface area contributed by atoms with Gasteiger partial charge in [0.25, 0.3) is 5.91 Å². The van der Waals surface area contributed by atoms with Crippen LogP contribution in [0.3, 0.4) is 0 Å². The number of hydrogen-bond acceptors (Lipinski definition) is 2. The number of carbonyl (C=O) groups excluding carboxylic acids is 1. The molecule has 1 amide bonds. The first-order valence-electron chi connectivity index (χ1n) is 7.72. The van der Waals surface area contributed by atoms with Crippen LogP contribution in [0.5, 0.6) is 0 Å². The molecule has 1 aromatic heterocycles. The molecule has 3 nitrogen and oxygen atoms in total. The highest BCUT2D eigenvalue weighted by Gasteiger charge is 2.24. The standard InChI is InChI=1S/C18H24N2OS/c1-12(2)14-7-9-15(10-8-14)17(16-6-5-11-22-16)20-13(3)18(21)19-4/h5-13,17,20H,1-4H3,(H,19,21)/p+1/t13-,17-/m0/s1. The van der Waals surface area contributed by atoms with Crippen LogP contribution in [-0.2, 0) is 4.79 Å². The third-order valence-corrected chi connectivity index (χ3v) is 4.91. The van der Waals surface area contributed by atoms with E-state index in [-0.39, 0.29) is 18.0 Å². The zero-order valence-corrected chi connectivity index (χ0v) is 14.5. The Kier molecular flexibility index (Phi) is 5.75. The summed E-state index contributed by atoms with van der Waals surface area (Å²) in [6, 6.07) is 13.0. The normalized spacial score (nSPS) is 13.9. The summed E-state index contributed by atoms with van der Waals surface area (Å²) in [7, 11) is 1.68. The lowest BCUT2D eigenvalue weighted by molar-refractivity contribution is -0.704. The summed E-state index contributed by atoms with van der Waals surface area (Å²) in [5.41, 5.74) is 2.58. The number of hydrogen-bond donors (Lipinski definition) is 2. The molecule has 0 spiro atoms.